The zero-order valence-electron chi connectivity index (χ0n) is 9.42. The number of carboxylic acids is 1. The van der Waals surface area contributed by atoms with Gasteiger partial charge in [-0.25, -0.2) is 9.78 Å². The maximum atomic E-state index is 11.3. The van der Waals surface area contributed by atoms with E-state index in [0.29, 0.717) is 4.47 Å². The van der Waals surface area contributed by atoms with Crippen molar-refractivity contribution >= 4 is 27.7 Å². The van der Waals surface area contributed by atoms with Gasteiger partial charge in [-0.3, -0.25) is 4.79 Å². The predicted molar refractivity (Wildman–Crippen MR) is 68.0 cm³/mol. The van der Waals surface area contributed by atoms with Crippen molar-refractivity contribution in [3.05, 3.63) is 46.5 Å². The molecule has 1 N–H and O–H groups in total. The van der Waals surface area contributed by atoms with Crippen LogP contribution in [-0.4, -0.2) is 26.4 Å². The number of hydrogen-bond donors (Lipinski definition) is 1. The predicted octanol–water partition coefficient (Wildman–Crippen LogP) is 2.21. The first kappa shape index (κ1) is 12.5. The summed E-state index contributed by atoms with van der Waals surface area (Å²) in [5.74, 6) is -1.59. The number of Topliss-reactive ketones (excluding diaryl/α,β-unsaturated/α-hetero) is 1. The highest BCUT2D eigenvalue weighted by Gasteiger charge is 2.16. The number of rotatable bonds is 3. The summed E-state index contributed by atoms with van der Waals surface area (Å²) >= 11 is 3.33. The molecule has 0 saturated heterocycles. The highest BCUT2D eigenvalue weighted by atomic mass is 79.9. The van der Waals surface area contributed by atoms with Crippen LogP contribution >= 0.6 is 15.9 Å². The Hall–Kier alpha value is -1.95. The monoisotopic (exact) mass is 308 g/mol. The number of imidazole rings is 1. The molecule has 0 aliphatic carbocycles. The number of aliphatic carboxylic acids is 1. The number of carbonyl (C=O) groups is 2. The van der Waals surface area contributed by atoms with Gasteiger partial charge in [0.2, 0.25) is 0 Å². The Bertz CT molecular complexity index is 634. The molecule has 0 spiro atoms. The molecule has 1 aromatic heterocycles. The Balaban J connectivity index is 2.46. The van der Waals surface area contributed by atoms with E-state index in [-0.39, 0.29) is 5.56 Å². The van der Waals surface area contributed by atoms with Crippen LogP contribution in [0.25, 0.3) is 5.69 Å². The van der Waals surface area contributed by atoms with Gasteiger partial charge in [0.15, 0.2) is 0 Å². The summed E-state index contributed by atoms with van der Waals surface area (Å²) < 4.78 is 2.47. The Morgan fingerprint density at radius 3 is 2.61 bits per heavy atom. The molecule has 1 heterocycles. The van der Waals surface area contributed by atoms with Crippen molar-refractivity contribution in [3.8, 4) is 5.69 Å². The van der Waals surface area contributed by atoms with Crippen LogP contribution in [0.2, 0.25) is 0 Å². The molecule has 0 saturated carbocycles. The Labute approximate surface area is 111 Å². The third kappa shape index (κ3) is 2.19. The van der Waals surface area contributed by atoms with Gasteiger partial charge in [0, 0.05) is 22.4 Å². The average molecular weight is 309 g/mol. The van der Waals surface area contributed by atoms with E-state index < -0.39 is 11.8 Å². The molecule has 92 valence electrons. The first-order valence-corrected chi connectivity index (χ1v) is 5.87. The number of ketones is 1. The molecule has 0 radical (unpaired) electrons. The molecule has 18 heavy (non-hydrogen) atoms. The molecule has 2 rings (SSSR count). The van der Waals surface area contributed by atoms with E-state index in [1.807, 2.05) is 11.5 Å². The van der Waals surface area contributed by atoms with Gasteiger partial charge < -0.3 is 9.67 Å². The molecular weight excluding hydrogens is 300 g/mol. The van der Waals surface area contributed by atoms with Gasteiger partial charge in [0.1, 0.15) is 5.82 Å². The lowest BCUT2D eigenvalue weighted by atomic mass is 10.1. The summed E-state index contributed by atoms with van der Waals surface area (Å²) in [4.78, 5) is 26.0. The summed E-state index contributed by atoms with van der Waals surface area (Å²) in [6.07, 6.45) is 3.45. The van der Waals surface area contributed by atoms with Crippen LogP contribution in [0.4, 0.5) is 0 Å². The average Bonchev–Trinajstić information content (AvgIpc) is 2.74. The molecule has 0 bridgehead atoms. The number of halogens is 1. The minimum atomic E-state index is -1.46. The van der Waals surface area contributed by atoms with Gasteiger partial charge >= 0.3 is 5.97 Å². The van der Waals surface area contributed by atoms with E-state index in [1.54, 1.807) is 18.5 Å². The van der Waals surface area contributed by atoms with Gasteiger partial charge in [0.05, 0.1) is 5.69 Å². The zero-order valence-corrected chi connectivity index (χ0v) is 11.0. The second kappa shape index (κ2) is 4.73. The van der Waals surface area contributed by atoms with Crippen molar-refractivity contribution < 1.29 is 14.7 Å². The number of carbonyl (C=O) groups excluding carboxylic acids is 1. The topological polar surface area (TPSA) is 72.2 Å². The third-order valence-electron chi connectivity index (χ3n) is 2.49. The standard InChI is InChI=1S/C12H9BrN2O3/c1-7-14-4-5-15(7)10-3-2-8(6-9(10)13)11(16)12(17)18/h2-6H,1H3,(H,17,18). The summed E-state index contributed by atoms with van der Waals surface area (Å²) in [7, 11) is 0. The number of nitrogens with zero attached hydrogens (tertiary/aromatic N) is 2. The van der Waals surface area contributed by atoms with E-state index in [9.17, 15) is 9.59 Å². The van der Waals surface area contributed by atoms with Crippen LogP contribution in [-0.2, 0) is 4.79 Å². The molecule has 0 fully saturated rings. The van der Waals surface area contributed by atoms with Gasteiger partial charge in [-0.2, -0.15) is 0 Å². The summed E-state index contributed by atoms with van der Waals surface area (Å²) in [5.41, 5.74) is 0.933. The molecule has 6 heteroatoms. The first-order valence-electron chi connectivity index (χ1n) is 5.08. The van der Waals surface area contributed by atoms with Crippen LogP contribution in [0.1, 0.15) is 16.2 Å². The van der Waals surface area contributed by atoms with Crippen LogP contribution in [0.5, 0.6) is 0 Å². The fourth-order valence-corrected chi connectivity index (χ4v) is 2.17. The molecule has 2 aromatic rings. The first-order chi connectivity index (χ1) is 8.50. The van der Waals surface area contributed by atoms with E-state index >= 15 is 0 Å². The van der Waals surface area contributed by atoms with Gasteiger partial charge in [-0.15, -0.1) is 0 Å². The van der Waals surface area contributed by atoms with Crippen molar-refractivity contribution in [2.45, 2.75) is 6.92 Å². The lowest BCUT2D eigenvalue weighted by molar-refractivity contribution is -0.131. The minimum Gasteiger partial charge on any atom is -0.475 e. The lowest BCUT2D eigenvalue weighted by Crippen LogP contribution is -2.12. The van der Waals surface area contributed by atoms with E-state index in [4.69, 9.17) is 5.11 Å². The summed E-state index contributed by atoms with van der Waals surface area (Å²) in [6, 6.07) is 4.65. The maximum absolute atomic E-state index is 11.3. The SMILES string of the molecule is Cc1nccn1-c1ccc(C(=O)C(=O)O)cc1Br. The quantitative estimate of drug-likeness (QED) is 0.697. The molecule has 0 amide bonds. The van der Waals surface area contributed by atoms with Crippen LogP contribution in [0.3, 0.4) is 0 Å². The van der Waals surface area contributed by atoms with Crippen LogP contribution in [0, 0.1) is 6.92 Å². The van der Waals surface area contributed by atoms with Gasteiger partial charge in [0.25, 0.3) is 5.78 Å². The number of carboxylic acid groups (broad SMARTS) is 1. The minimum absolute atomic E-state index is 0.135. The molecule has 1 aromatic carbocycles. The molecule has 0 aliphatic rings. The van der Waals surface area contributed by atoms with Crippen LogP contribution in [0.15, 0.2) is 35.1 Å². The molecule has 0 aliphatic heterocycles. The van der Waals surface area contributed by atoms with Crippen molar-refractivity contribution in [1.29, 1.82) is 0 Å². The van der Waals surface area contributed by atoms with Gasteiger partial charge in [-0.05, 0) is 41.1 Å². The van der Waals surface area contributed by atoms with E-state index in [0.717, 1.165) is 11.5 Å². The number of benzene rings is 1. The fourth-order valence-electron chi connectivity index (χ4n) is 1.60. The van der Waals surface area contributed by atoms with Crippen molar-refractivity contribution in [2.24, 2.45) is 0 Å². The van der Waals surface area contributed by atoms with Crippen LogP contribution < -0.4 is 0 Å². The molecular formula is C12H9BrN2O3. The zero-order chi connectivity index (χ0) is 13.3. The fraction of sp³-hybridized carbons (Fsp3) is 0.0833. The smallest absolute Gasteiger partial charge is 0.377 e. The van der Waals surface area contributed by atoms with Crippen molar-refractivity contribution in [3.63, 3.8) is 0 Å². The number of aromatic nitrogens is 2. The maximum Gasteiger partial charge on any atom is 0.377 e. The summed E-state index contributed by atoms with van der Waals surface area (Å²) in [6.45, 7) is 1.85. The van der Waals surface area contributed by atoms with E-state index in [2.05, 4.69) is 20.9 Å². The highest BCUT2D eigenvalue weighted by Crippen LogP contribution is 2.23. The third-order valence-corrected chi connectivity index (χ3v) is 3.12. The molecule has 0 atom stereocenters. The second-order valence-corrected chi connectivity index (χ2v) is 4.50. The Kier molecular flexibility index (Phi) is 3.29. The molecule has 0 unspecified atom stereocenters. The van der Waals surface area contributed by atoms with Crippen molar-refractivity contribution in [1.82, 2.24) is 9.55 Å². The number of hydrogen-bond acceptors (Lipinski definition) is 3. The summed E-state index contributed by atoms with van der Waals surface area (Å²) in [5, 5.41) is 8.64. The largest absolute Gasteiger partial charge is 0.475 e. The highest BCUT2D eigenvalue weighted by molar-refractivity contribution is 9.10. The Morgan fingerprint density at radius 1 is 1.39 bits per heavy atom. The van der Waals surface area contributed by atoms with Gasteiger partial charge in [-0.1, -0.05) is 0 Å². The Morgan fingerprint density at radius 2 is 2.11 bits per heavy atom. The lowest BCUT2D eigenvalue weighted by Gasteiger charge is -2.08. The van der Waals surface area contributed by atoms with E-state index in [1.165, 1.54) is 12.1 Å². The number of aryl methyl sites for hydroxylation is 1. The molecule has 5 nitrogen and oxygen atoms in total. The van der Waals surface area contributed by atoms with Crippen molar-refractivity contribution in [2.75, 3.05) is 0 Å². The second-order valence-electron chi connectivity index (χ2n) is 3.64. The normalized spacial score (nSPS) is 10.3.